The van der Waals surface area contributed by atoms with Crippen molar-refractivity contribution in [1.82, 2.24) is 20.0 Å². The smallest absolute Gasteiger partial charge is 0.409 e. The summed E-state index contributed by atoms with van der Waals surface area (Å²) in [6, 6.07) is 0.342. The van der Waals surface area contributed by atoms with E-state index in [1.54, 1.807) is 4.90 Å². The minimum atomic E-state index is -0.260. The van der Waals surface area contributed by atoms with Gasteiger partial charge in [-0.1, -0.05) is 0 Å². The SMILES string of the molecule is Cc1nn2c(c1C(=O)NC(C)CCN1CCOC1=O)CCCC2C. The Morgan fingerprint density at radius 2 is 2.29 bits per heavy atom. The molecule has 0 bridgehead atoms. The molecule has 7 nitrogen and oxygen atoms in total. The Morgan fingerprint density at radius 1 is 1.50 bits per heavy atom. The van der Waals surface area contributed by atoms with Gasteiger partial charge in [0, 0.05) is 18.6 Å². The lowest BCUT2D eigenvalue weighted by atomic mass is 10.0. The Labute approximate surface area is 142 Å². The summed E-state index contributed by atoms with van der Waals surface area (Å²) in [5, 5.41) is 7.62. The maximum absolute atomic E-state index is 12.7. The van der Waals surface area contributed by atoms with Gasteiger partial charge in [-0.15, -0.1) is 0 Å². The fraction of sp³-hybridized carbons (Fsp3) is 0.706. The van der Waals surface area contributed by atoms with Gasteiger partial charge in [0.2, 0.25) is 0 Å². The summed E-state index contributed by atoms with van der Waals surface area (Å²) >= 11 is 0. The molecule has 1 saturated heterocycles. The van der Waals surface area contributed by atoms with Crippen LogP contribution in [0.2, 0.25) is 0 Å². The van der Waals surface area contributed by atoms with Gasteiger partial charge in [-0.25, -0.2) is 4.79 Å². The van der Waals surface area contributed by atoms with Crippen LogP contribution < -0.4 is 5.32 Å². The molecule has 1 N–H and O–H groups in total. The highest BCUT2D eigenvalue weighted by Crippen LogP contribution is 2.28. The number of fused-ring (bicyclic) bond motifs is 1. The van der Waals surface area contributed by atoms with Gasteiger partial charge in [-0.2, -0.15) is 5.10 Å². The first-order valence-corrected chi connectivity index (χ1v) is 8.78. The van der Waals surface area contributed by atoms with Crippen LogP contribution in [0, 0.1) is 6.92 Å². The van der Waals surface area contributed by atoms with Crippen molar-refractivity contribution >= 4 is 12.0 Å². The van der Waals surface area contributed by atoms with E-state index in [4.69, 9.17) is 4.74 Å². The van der Waals surface area contributed by atoms with E-state index < -0.39 is 0 Å². The van der Waals surface area contributed by atoms with E-state index in [1.165, 1.54) is 0 Å². The Morgan fingerprint density at radius 3 is 3.00 bits per heavy atom. The van der Waals surface area contributed by atoms with Crippen LogP contribution in [0.25, 0.3) is 0 Å². The van der Waals surface area contributed by atoms with Crippen LogP contribution in [0.15, 0.2) is 0 Å². The minimum absolute atomic E-state index is 0.0122. The topological polar surface area (TPSA) is 76.5 Å². The third kappa shape index (κ3) is 3.25. The van der Waals surface area contributed by atoms with Crippen LogP contribution in [0.1, 0.15) is 60.9 Å². The number of hydrogen-bond donors (Lipinski definition) is 1. The zero-order valence-electron chi connectivity index (χ0n) is 14.7. The maximum atomic E-state index is 12.7. The number of aromatic nitrogens is 2. The number of carbonyl (C=O) groups is 2. The quantitative estimate of drug-likeness (QED) is 0.894. The molecule has 7 heteroatoms. The van der Waals surface area contributed by atoms with Crippen LogP contribution in [-0.2, 0) is 11.2 Å². The molecule has 0 aliphatic carbocycles. The first kappa shape index (κ1) is 16.8. The Kier molecular flexibility index (Phi) is 4.78. The fourth-order valence-electron chi connectivity index (χ4n) is 3.53. The van der Waals surface area contributed by atoms with Crippen molar-refractivity contribution in [2.75, 3.05) is 19.7 Å². The number of ether oxygens (including phenoxy) is 1. The average Bonchev–Trinajstić information content (AvgIpc) is 3.08. The Balaban J connectivity index is 1.61. The molecule has 0 aromatic carbocycles. The second-order valence-corrected chi connectivity index (χ2v) is 6.86. The second kappa shape index (κ2) is 6.83. The number of nitrogens with zero attached hydrogens (tertiary/aromatic N) is 3. The van der Waals surface area contributed by atoms with E-state index in [2.05, 4.69) is 17.3 Å². The van der Waals surface area contributed by atoms with E-state index in [9.17, 15) is 9.59 Å². The fourth-order valence-corrected chi connectivity index (χ4v) is 3.53. The van der Waals surface area contributed by atoms with Crippen molar-refractivity contribution < 1.29 is 14.3 Å². The molecule has 24 heavy (non-hydrogen) atoms. The summed E-state index contributed by atoms with van der Waals surface area (Å²) < 4.78 is 6.93. The first-order valence-electron chi connectivity index (χ1n) is 8.78. The lowest BCUT2D eigenvalue weighted by Gasteiger charge is -2.22. The van der Waals surface area contributed by atoms with Gasteiger partial charge in [-0.05, 0) is 46.5 Å². The van der Waals surface area contributed by atoms with Crippen molar-refractivity contribution in [1.29, 1.82) is 0 Å². The summed E-state index contributed by atoms with van der Waals surface area (Å²) in [6.45, 7) is 7.70. The van der Waals surface area contributed by atoms with Crippen molar-refractivity contribution in [3.8, 4) is 0 Å². The molecule has 3 heterocycles. The molecule has 2 atom stereocenters. The van der Waals surface area contributed by atoms with Crippen LogP contribution in [0.5, 0.6) is 0 Å². The number of aryl methyl sites for hydroxylation is 1. The lowest BCUT2D eigenvalue weighted by Crippen LogP contribution is -2.37. The summed E-state index contributed by atoms with van der Waals surface area (Å²) in [5.74, 6) is -0.0562. The molecule has 1 fully saturated rings. The molecule has 2 amide bonds. The number of cyclic esters (lactones) is 1. The second-order valence-electron chi connectivity index (χ2n) is 6.86. The highest BCUT2D eigenvalue weighted by atomic mass is 16.6. The van der Waals surface area contributed by atoms with E-state index >= 15 is 0 Å². The van der Waals surface area contributed by atoms with E-state index in [1.807, 2.05) is 18.5 Å². The zero-order chi connectivity index (χ0) is 17.3. The van der Waals surface area contributed by atoms with Crippen molar-refractivity contribution in [3.05, 3.63) is 17.0 Å². The molecule has 0 spiro atoms. The number of rotatable bonds is 5. The number of amides is 2. The third-order valence-electron chi connectivity index (χ3n) is 4.92. The van der Waals surface area contributed by atoms with E-state index in [0.717, 1.165) is 36.2 Å². The number of carbonyl (C=O) groups excluding carboxylic acids is 2. The van der Waals surface area contributed by atoms with Gasteiger partial charge < -0.3 is 15.0 Å². The number of nitrogens with one attached hydrogen (secondary N) is 1. The van der Waals surface area contributed by atoms with Gasteiger partial charge >= 0.3 is 6.09 Å². The Bertz CT molecular complexity index is 640. The van der Waals surface area contributed by atoms with Gasteiger partial charge in [0.1, 0.15) is 6.61 Å². The summed E-state index contributed by atoms with van der Waals surface area (Å²) in [5.41, 5.74) is 2.58. The van der Waals surface area contributed by atoms with E-state index in [0.29, 0.717) is 32.2 Å². The largest absolute Gasteiger partial charge is 0.448 e. The highest BCUT2D eigenvalue weighted by molar-refractivity contribution is 5.96. The van der Waals surface area contributed by atoms with Gasteiger partial charge in [0.05, 0.1) is 23.5 Å². The molecule has 0 saturated carbocycles. The van der Waals surface area contributed by atoms with Crippen molar-refractivity contribution in [2.45, 2.75) is 58.5 Å². The first-order chi connectivity index (χ1) is 11.5. The van der Waals surface area contributed by atoms with Gasteiger partial charge in [0.15, 0.2) is 0 Å². The predicted octanol–water partition coefficient (Wildman–Crippen LogP) is 2.05. The normalized spacial score (nSPS) is 21.4. The molecular weight excluding hydrogens is 308 g/mol. The zero-order valence-corrected chi connectivity index (χ0v) is 14.7. The average molecular weight is 334 g/mol. The Hall–Kier alpha value is -2.05. The number of hydrogen-bond acceptors (Lipinski definition) is 4. The van der Waals surface area contributed by atoms with E-state index in [-0.39, 0.29) is 18.0 Å². The molecule has 2 aliphatic rings. The van der Waals surface area contributed by atoms with Crippen molar-refractivity contribution in [2.24, 2.45) is 0 Å². The standard InChI is InChI=1S/C17H26N4O3/c1-11(7-8-20-9-10-24-17(20)23)18-16(22)15-13(3)19-21-12(2)5-4-6-14(15)21/h11-12H,4-10H2,1-3H3,(H,18,22). The minimum Gasteiger partial charge on any atom is -0.448 e. The van der Waals surface area contributed by atoms with Crippen LogP contribution in [0.4, 0.5) is 4.79 Å². The molecule has 1 aromatic rings. The summed E-state index contributed by atoms with van der Waals surface area (Å²) in [6.07, 6.45) is 3.56. The highest BCUT2D eigenvalue weighted by Gasteiger charge is 2.27. The molecule has 132 valence electrons. The maximum Gasteiger partial charge on any atom is 0.409 e. The summed E-state index contributed by atoms with van der Waals surface area (Å²) in [4.78, 5) is 25.8. The van der Waals surface area contributed by atoms with Crippen LogP contribution in [0.3, 0.4) is 0 Å². The predicted molar refractivity (Wildman–Crippen MR) is 89.1 cm³/mol. The van der Waals surface area contributed by atoms with Gasteiger partial charge in [-0.3, -0.25) is 9.48 Å². The molecule has 2 unspecified atom stereocenters. The molecular formula is C17H26N4O3. The van der Waals surface area contributed by atoms with Crippen LogP contribution >= 0.6 is 0 Å². The van der Waals surface area contributed by atoms with Gasteiger partial charge in [0.25, 0.3) is 5.91 Å². The molecule has 3 rings (SSSR count). The molecule has 2 aliphatic heterocycles. The molecule has 1 aromatic heterocycles. The van der Waals surface area contributed by atoms with Crippen LogP contribution in [-0.4, -0.2) is 52.4 Å². The monoisotopic (exact) mass is 334 g/mol. The third-order valence-corrected chi connectivity index (χ3v) is 4.92. The molecule has 0 radical (unpaired) electrons. The van der Waals surface area contributed by atoms with Crippen molar-refractivity contribution in [3.63, 3.8) is 0 Å². The summed E-state index contributed by atoms with van der Waals surface area (Å²) in [7, 11) is 0. The lowest BCUT2D eigenvalue weighted by molar-refractivity contribution is 0.0935.